The van der Waals surface area contributed by atoms with Gasteiger partial charge in [0, 0.05) is 18.7 Å². The highest BCUT2D eigenvalue weighted by atomic mass is 16.3. The standard InChI is InChI=1S/C13H20N2O2/c1-9-5-6-11(12(16)7-9)10(2)15(4)8-13(17)14-3/h5-7,10,16H,8H2,1-4H3,(H,14,17). The maximum atomic E-state index is 11.3. The van der Waals surface area contributed by atoms with Gasteiger partial charge in [-0.2, -0.15) is 0 Å². The van der Waals surface area contributed by atoms with Crippen molar-refractivity contribution in [1.82, 2.24) is 10.2 Å². The van der Waals surface area contributed by atoms with Gasteiger partial charge in [-0.15, -0.1) is 0 Å². The third kappa shape index (κ3) is 3.46. The first-order valence-electron chi connectivity index (χ1n) is 5.66. The Morgan fingerprint density at radius 3 is 2.71 bits per heavy atom. The van der Waals surface area contributed by atoms with Crippen LogP contribution in [0.3, 0.4) is 0 Å². The van der Waals surface area contributed by atoms with Gasteiger partial charge in [-0.1, -0.05) is 12.1 Å². The molecule has 94 valence electrons. The summed E-state index contributed by atoms with van der Waals surface area (Å²) in [5.41, 5.74) is 1.86. The van der Waals surface area contributed by atoms with Gasteiger partial charge in [0.25, 0.3) is 0 Å². The number of carbonyl (C=O) groups is 1. The third-order valence-electron chi connectivity index (χ3n) is 2.97. The highest BCUT2D eigenvalue weighted by molar-refractivity contribution is 5.77. The van der Waals surface area contributed by atoms with E-state index in [0.717, 1.165) is 11.1 Å². The third-order valence-corrected chi connectivity index (χ3v) is 2.97. The minimum absolute atomic E-state index is 0.00657. The molecule has 0 aromatic heterocycles. The topological polar surface area (TPSA) is 52.6 Å². The number of benzene rings is 1. The predicted molar refractivity (Wildman–Crippen MR) is 68.0 cm³/mol. The van der Waals surface area contributed by atoms with Crippen LogP contribution in [-0.4, -0.2) is 36.6 Å². The first-order valence-corrected chi connectivity index (χ1v) is 5.66. The van der Waals surface area contributed by atoms with E-state index >= 15 is 0 Å². The Morgan fingerprint density at radius 1 is 1.53 bits per heavy atom. The lowest BCUT2D eigenvalue weighted by atomic mass is 10.0. The van der Waals surface area contributed by atoms with Gasteiger partial charge >= 0.3 is 0 Å². The number of hydrogen-bond donors (Lipinski definition) is 2. The molecule has 0 radical (unpaired) electrons. The number of phenolic OH excluding ortho intramolecular Hbond substituents is 1. The van der Waals surface area contributed by atoms with Gasteiger partial charge in [-0.05, 0) is 32.5 Å². The van der Waals surface area contributed by atoms with Crippen LogP contribution in [0.4, 0.5) is 0 Å². The summed E-state index contributed by atoms with van der Waals surface area (Å²) in [5, 5.41) is 12.5. The van der Waals surface area contributed by atoms with E-state index in [9.17, 15) is 9.90 Å². The smallest absolute Gasteiger partial charge is 0.233 e. The molecular formula is C13H20N2O2. The molecule has 0 bridgehead atoms. The second kappa shape index (κ2) is 5.68. The van der Waals surface area contributed by atoms with Crippen LogP contribution in [0.5, 0.6) is 5.75 Å². The Bertz CT molecular complexity index is 404. The van der Waals surface area contributed by atoms with Crippen LogP contribution in [-0.2, 0) is 4.79 Å². The van der Waals surface area contributed by atoms with Crippen molar-refractivity contribution in [2.45, 2.75) is 19.9 Å². The molecule has 1 amide bonds. The van der Waals surface area contributed by atoms with Crippen molar-refractivity contribution >= 4 is 5.91 Å². The van der Waals surface area contributed by atoms with Crippen LogP contribution in [0, 0.1) is 6.92 Å². The number of hydrogen-bond acceptors (Lipinski definition) is 3. The Morgan fingerprint density at radius 2 is 2.18 bits per heavy atom. The molecule has 0 aliphatic carbocycles. The number of aromatic hydroxyl groups is 1. The summed E-state index contributed by atoms with van der Waals surface area (Å²) in [6.45, 7) is 4.21. The molecule has 1 atom stereocenters. The van der Waals surface area contributed by atoms with Gasteiger partial charge < -0.3 is 10.4 Å². The molecule has 1 aromatic carbocycles. The van der Waals surface area contributed by atoms with Gasteiger partial charge in [0.1, 0.15) is 5.75 Å². The average Bonchev–Trinajstić information content (AvgIpc) is 2.28. The number of phenols is 1. The zero-order valence-electron chi connectivity index (χ0n) is 10.8. The molecule has 0 saturated heterocycles. The number of nitrogens with one attached hydrogen (secondary N) is 1. The fourth-order valence-electron chi connectivity index (χ4n) is 1.69. The van der Waals surface area contributed by atoms with E-state index < -0.39 is 0 Å². The van der Waals surface area contributed by atoms with Crippen molar-refractivity contribution in [1.29, 1.82) is 0 Å². The van der Waals surface area contributed by atoms with E-state index in [1.807, 2.05) is 37.9 Å². The number of likely N-dealkylation sites (N-methyl/N-ethyl adjacent to an activating group) is 2. The molecule has 1 rings (SSSR count). The zero-order valence-corrected chi connectivity index (χ0v) is 10.8. The molecule has 0 aliphatic rings. The first kappa shape index (κ1) is 13.5. The fraction of sp³-hybridized carbons (Fsp3) is 0.462. The fourth-order valence-corrected chi connectivity index (χ4v) is 1.69. The van der Waals surface area contributed by atoms with Crippen molar-refractivity contribution in [3.63, 3.8) is 0 Å². The van der Waals surface area contributed by atoms with E-state index in [1.54, 1.807) is 13.1 Å². The Hall–Kier alpha value is -1.55. The quantitative estimate of drug-likeness (QED) is 0.831. The second-order valence-corrected chi connectivity index (χ2v) is 4.33. The summed E-state index contributed by atoms with van der Waals surface area (Å²) in [6, 6.07) is 5.59. The highest BCUT2D eigenvalue weighted by Crippen LogP contribution is 2.28. The van der Waals surface area contributed by atoms with Crippen molar-refractivity contribution in [3.05, 3.63) is 29.3 Å². The van der Waals surface area contributed by atoms with Crippen LogP contribution in [0.1, 0.15) is 24.1 Å². The van der Waals surface area contributed by atoms with Crippen LogP contribution < -0.4 is 5.32 Å². The monoisotopic (exact) mass is 236 g/mol. The minimum Gasteiger partial charge on any atom is -0.508 e. The van der Waals surface area contributed by atoms with Crippen LogP contribution in [0.15, 0.2) is 18.2 Å². The van der Waals surface area contributed by atoms with E-state index in [1.165, 1.54) is 0 Å². The van der Waals surface area contributed by atoms with Crippen LogP contribution in [0.2, 0.25) is 0 Å². The van der Waals surface area contributed by atoms with Crippen molar-refractivity contribution in [3.8, 4) is 5.75 Å². The number of aryl methyl sites for hydroxylation is 1. The molecule has 1 unspecified atom stereocenters. The summed E-state index contributed by atoms with van der Waals surface area (Å²) >= 11 is 0. The summed E-state index contributed by atoms with van der Waals surface area (Å²) in [7, 11) is 3.48. The maximum absolute atomic E-state index is 11.3. The number of carbonyl (C=O) groups excluding carboxylic acids is 1. The van der Waals surface area contributed by atoms with Crippen molar-refractivity contribution in [2.75, 3.05) is 20.6 Å². The molecule has 0 aliphatic heterocycles. The van der Waals surface area contributed by atoms with Gasteiger partial charge in [0.2, 0.25) is 5.91 Å². The van der Waals surface area contributed by atoms with E-state index in [0.29, 0.717) is 6.54 Å². The van der Waals surface area contributed by atoms with E-state index in [-0.39, 0.29) is 17.7 Å². The van der Waals surface area contributed by atoms with Gasteiger partial charge in [-0.25, -0.2) is 0 Å². The number of rotatable bonds is 4. The SMILES string of the molecule is CNC(=O)CN(C)C(C)c1ccc(C)cc1O. The summed E-state index contributed by atoms with van der Waals surface area (Å²) in [6.07, 6.45) is 0. The molecule has 0 spiro atoms. The first-order chi connectivity index (χ1) is 7.95. The summed E-state index contributed by atoms with van der Waals surface area (Å²) in [4.78, 5) is 13.2. The maximum Gasteiger partial charge on any atom is 0.233 e. The lowest BCUT2D eigenvalue weighted by molar-refractivity contribution is -0.121. The normalized spacial score (nSPS) is 12.5. The van der Waals surface area contributed by atoms with Crippen molar-refractivity contribution in [2.24, 2.45) is 0 Å². The Labute approximate surface area is 102 Å². The van der Waals surface area contributed by atoms with Gasteiger partial charge in [0.05, 0.1) is 6.54 Å². The Balaban J connectivity index is 2.81. The molecule has 0 fully saturated rings. The lowest BCUT2D eigenvalue weighted by Gasteiger charge is -2.24. The molecule has 1 aromatic rings. The molecule has 17 heavy (non-hydrogen) atoms. The minimum atomic E-state index is -0.0362. The van der Waals surface area contributed by atoms with Gasteiger partial charge in [-0.3, -0.25) is 9.69 Å². The largest absolute Gasteiger partial charge is 0.508 e. The molecule has 0 saturated carbocycles. The summed E-state index contributed by atoms with van der Waals surface area (Å²) < 4.78 is 0. The van der Waals surface area contributed by atoms with Gasteiger partial charge in [0.15, 0.2) is 0 Å². The lowest BCUT2D eigenvalue weighted by Crippen LogP contribution is -2.34. The average molecular weight is 236 g/mol. The van der Waals surface area contributed by atoms with E-state index in [4.69, 9.17) is 0 Å². The predicted octanol–water partition coefficient (Wildman–Crippen LogP) is 1.44. The Kier molecular flexibility index (Phi) is 4.52. The number of amides is 1. The molecule has 2 N–H and O–H groups in total. The highest BCUT2D eigenvalue weighted by Gasteiger charge is 2.17. The molecule has 0 heterocycles. The van der Waals surface area contributed by atoms with E-state index in [2.05, 4.69) is 5.32 Å². The van der Waals surface area contributed by atoms with Crippen LogP contribution >= 0.6 is 0 Å². The zero-order chi connectivity index (χ0) is 13.0. The molecular weight excluding hydrogens is 216 g/mol. The second-order valence-electron chi connectivity index (χ2n) is 4.33. The molecule has 4 heteroatoms. The molecule has 4 nitrogen and oxygen atoms in total. The summed E-state index contributed by atoms with van der Waals surface area (Å²) in [5.74, 6) is 0.243. The number of nitrogens with zero attached hydrogens (tertiary/aromatic N) is 1. The van der Waals surface area contributed by atoms with Crippen LogP contribution in [0.25, 0.3) is 0 Å². The van der Waals surface area contributed by atoms with Crippen molar-refractivity contribution < 1.29 is 9.90 Å².